The van der Waals surface area contributed by atoms with Gasteiger partial charge in [0.2, 0.25) is 0 Å². The van der Waals surface area contributed by atoms with Crippen LogP contribution in [-0.2, 0) is 5.41 Å². The number of thiazole rings is 1. The summed E-state index contributed by atoms with van der Waals surface area (Å²) in [6, 6.07) is 0. The van der Waals surface area contributed by atoms with Crippen molar-refractivity contribution in [3.8, 4) is 0 Å². The highest BCUT2D eigenvalue weighted by molar-refractivity contribution is 7.09. The molecule has 14 heavy (non-hydrogen) atoms. The molecule has 2 aliphatic carbocycles. The van der Waals surface area contributed by atoms with Crippen molar-refractivity contribution in [1.29, 1.82) is 0 Å². The Hall–Kier alpha value is -0.410. The van der Waals surface area contributed by atoms with Gasteiger partial charge in [0, 0.05) is 16.7 Å². The van der Waals surface area contributed by atoms with E-state index in [2.05, 4.69) is 5.38 Å². The van der Waals surface area contributed by atoms with Crippen LogP contribution in [0, 0.1) is 0 Å². The van der Waals surface area contributed by atoms with Crippen molar-refractivity contribution in [2.45, 2.75) is 43.4 Å². The molecular formula is C11H15NOS. The molecule has 2 fully saturated rings. The van der Waals surface area contributed by atoms with E-state index in [4.69, 9.17) is 4.98 Å². The Morgan fingerprint density at radius 2 is 2.29 bits per heavy atom. The molecule has 0 amide bonds. The summed E-state index contributed by atoms with van der Waals surface area (Å²) < 4.78 is 0. The summed E-state index contributed by atoms with van der Waals surface area (Å²) >= 11 is 1.79. The lowest BCUT2D eigenvalue weighted by Gasteiger charge is -2.22. The molecule has 1 N–H and O–H groups in total. The first-order valence-corrected chi connectivity index (χ1v) is 6.29. The molecule has 0 bridgehead atoms. The van der Waals surface area contributed by atoms with Crippen LogP contribution in [0.1, 0.15) is 48.7 Å². The first kappa shape index (κ1) is 8.86. The second-order valence-electron chi connectivity index (χ2n) is 4.64. The van der Waals surface area contributed by atoms with Crippen molar-refractivity contribution >= 4 is 11.3 Å². The van der Waals surface area contributed by atoms with Crippen LogP contribution in [0.2, 0.25) is 0 Å². The van der Waals surface area contributed by atoms with E-state index in [1.54, 1.807) is 11.3 Å². The summed E-state index contributed by atoms with van der Waals surface area (Å²) in [6.45, 7) is 0.279. The first-order chi connectivity index (χ1) is 6.84. The molecule has 3 rings (SSSR count). The lowest BCUT2D eigenvalue weighted by molar-refractivity contribution is 0.252. The van der Waals surface area contributed by atoms with E-state index in [0.29, 0.717) is 0 Å². The normalized spacial score (nSPS) is 24.6. The maximum absolute atomic E-state index is 9.29. The van der Waals surface area contributed by atoms with Crippen molar-refractivity contribution in [3.05, 3.63) is 16.1 Å². The predicted octanol–water partition coefficient (Wildman–Crippen LogP) is 2.43. The fourth-order valence-corrected chi connectivity index (χ4v) is 3.13. The van der Waals surface area contributed by atoms with Gasteiger partial charge in [-0.1, -0.05) is 6.42 Å². The lowest BCUT2D eigenvalue weighted by Crippen LogP contribution is -2.13. The van der Waals surface area contributed by atoms with Crippen LogP contribution >= 0.6 is 11.3 Å². The van der Waals surface area contributed by atoms with E-state index in [1.165, 1.54) is 24.3 Å². The average Bonchev–Trinajstić information content (AvgIpc) is 2.78. The fraction of sp³-hybridized carbons (Fsp3) is 0.727. The predicted molar refractivity (Wildman–Crippen MR) is 56.7 cm³/mol. The second kappa shape index (κ2) is 3.04. The number of aliphatic hydroxyl groups excluding tert-OH is 1. The van der Waals surface area contributed by atoms with E-state index in [1.807, 2.05) is 0 Å². The molecule has 3 heteroatoms. The number of hydrogen-bond donors (Lipinski definition) is 1. The molecule has 76 valence electrons. The molecule has 0 aromatic carbocycles. The lowest BCUT2D eigenvalue weighted by atomic mass is 9.86. The molecular weight excluding hydrogens is 194 g/mol. The van der Waals surface area contributed by atoms with Crippen molar-refractivity contribution in [2.24, 2.45) is 0 Å². The van der Waals surface area contributed by atoms with Gasteiger partial charge in [0.25, 0.3) is 0 Å². The Kier molecular flexibility index (Phi) is 1.92. The molecule has 2 saturated carbocycles. The fourth-order valence-electron chi connectivity index (χ4n) is 2.02. The van der Waals surface area contributed by atoms with Crippen molar-refractivity contribution in [2.75, 3.05) is 6.61 Å². The van der Waals surface area contributed by atoms with Gasteiger partial charge in [-0.05, 0) is 25.7 Å². The van der Waals surface area contributed by atoms with Crippen LogP contribution in [0.3, 0.4) is 0 Å². The molecule has 2 nitrogen and oxygen atoms in total. The largest absolute Gasteiger partial charge is 0.395 e. The third kappa shape index (κ3) is 1.22. The molecule has 0 atom stereocenters. The Bertz CT molecular complexity index is 339. The monoisotopic (exact) mass is 209 g/mol. The zero-order valence-corrected chi connectivity index (χ0v) is 9.02. The van der Waals surface area contributed by atoms with Gasteiger partial charge in [-0.25, -0.2) is 4.98 Å². The van der Waals surface area contributed by atoms with Crippen LogP contribution < -0.4 is 0 Å². The molecule has 0 saturated heterocycles. The summed E-state index contributed by atoms with van der Waals surface area (Å²) in [5.41, 5.74) is 1.23. The standard InChI is InChI=1S/C11H15NOS/c13-7-11(4-5-11)9-6-14-10(12-9)8-2-1-3-8/h6,8,13H,1-5,7H2. The summed E-state index contributed by atoms with van der Waals surface area (Å²) in [7, 11) is 0. The summed E-state index contributed by atoms with van der Waals surface area (Å²) in [6.07, 6.45) is 6.25. The molecule has 1 aromatic rings. The van der Waals surface area contributed by atoms with Crippen LogP contribution in [-0.4, -0.2) is 16.7 Å². The van der Waals surface area contributed by atoms with E-state index in [-0.39, 0.29) is 12.0 Å². The van der Waals surface area contributed by atoms with E-state index < -0.39 is 0 Å². The molecule has 1 heterocycles. The number of nitrogens with zero attached hydrogens (tertiary/aromatic N) is 1. The highest BCUT2D eigenvalue weighted by Crippen LogP contribution is 2.49. The Morgan fingerprint density at radius 3 is 2.79 bits per heavy atom. The first-order valence-electron chi connectivity index (χ1n) is 5.41. The zero-order valence-electron chi connectivity index (χ0n) is 8.20. The van der Waals surface area contributed by atoms with Crippen LogP contribution in [0.15, 0.2) is 5.38 Å². The number of aromatic nitrogens is 1. The second-order valence-corrected chi connectivity index (χ2v) is 5.53. The smallest absolute Gasteiger partial charge is 0.0959 e. The van der Waals surface area contributed by atoms with Gasteiger partial charge in [0.15, 0.2) is 0 Å². The number of rotatable bonds is 3. The van der Waals surface area contributed by atoms with Gasteiger partial charge < -0.3 is 5.11 Å². The number of hydrogen-bond acceptors (Lipinski definition) is 3. The van der Waals surface area contributed by atoms with Gasteiger partial charge in [0.1, 0.15) is 0 Å². The van der Waals surface area contributed by atoms with E-state index in [9.17, 15) is 5.11 Å². The minimum atomic E-state index is 0.0680. The molecule has 0 radical (unpaired) electrons. The van der Waals surface area contributed by atoms with Crippen molar-refractivity contribution < 1.29 is 5.11 Å². The van der Waals surface area contributed by atoms with Gasteiger partial charge >= 0.3 is 0 Å². The number of aliphatic hydroxyl groups is 1. The van der Waals surface area contributed by atoms with Crippen molar-refractivity contribution in [3.63, 3.8) is 0 Å². The van der Waals surface area contributed by atoms with E-state index in [0.717, 1.165) is 24.5 Å². The zero-order chi connectivity index (χ0) is 9.60. The van der Waals surface area contributed by atoms with Crippen LogP contribution in [0.5, 0.6) is 0 Å². The minimum absolute atomic E-state index is 0.0680. The molecule has 0 unspecified atom stereocenters. The topological polar surface area (TPSA) is 33.1 Å². The Morgan fingerprint density at radius 1 is 1.50 bits per heavy atom. The van der Waals surface area contributed by atoms with Gasteiger partial charge in [0.05, 0.1) is 17.3 Å². The average molecular weight is 209 g/mol. The van der Waals surface area contributed by atoms with Gasteiger partial charge in [-0.3, -0.25) is 0 Å². The molecule has 0 spiro atoms. The van der Waals surface area contributed by atoms with E-state index >= 15 is 0 Å². The summed E-state index contributed by atoms with van der Waals surface area (Å²) in [5.74, 6) is 0.739. The molecule has 0 aliphatic heterocycles. The van der Waals surface area contributed by atoms with Crippen molar-refractivity contribution in [1.82, 2.24) is 4.98 Å². The minimum Gasteiger partial charge on any atom is -0.395 e. The maximum atomic E-state index is 9.29. The molecule has 1 aromatic heterocycles. The summed E-state index contributed by atoms with van der Waals surface area (Å²) in [4.78, 5) is 4.70. The van der Waals surface area contributed by atoms with Gasteiger partial charge in [-0.15, -0.1) is 11.3 Å². The Balaban J connectivity index is 1.83. The quantitative estimate of drug-likeness (QED) is 0.829. The summed E-state index contributed by atoms with van der Waals surface area (Å²) in [5, 5.41) is 12.8. The molecule has 2 aliphatic rings. The Labute approximate surface area is 88.0 Å². The maximum Gasteiger partial charge on any atom is 0.0959 e. The van der Waals surface area contributed by atoms with Crippen LogP contribution in [0.25, 0.3) is 0 Å². The SMILES string of the molecule is OCC1(c2csc(C3CCC3)n2)CC1. The highest BCUT2D eigenvalue weighted by atomic mass is 32.1. The highest BCUT2D eigenvalue weighted by Gasteiger charge is 2.46. The van der Waals surface area contributed by atoms with Crippen LogP contribution in [0.4, 0.5) is 0 Å². The third-order valence-corrected chi connectivity index (χ3v) is 4.68. The third-order valence-electron chi connectivity index (χ3n) is 3.68. The van der Waals surface area contributed by atoms with Gasteiger partial charge in [-0.2, -0.15) is 0 Å².